The second-order valence-electron chi connectivity index (χ2n) is 3.15. The number of hydrogen-bond acceptors (Lipinski definition) is 2. The van der Waals surface area contributed by atoms with E-state index in [-0.39, 0.29) is 4.47 Å². The molecule has 16 heavy (non-hydrogen) atoms. The Balaban J connectivity index is 3.06. The lowest BCUT2D eigenvalue weighted by Crippen LogP contribution is -2.31. The lowest BCUT2D eigenvalue weighted by molar-refractivity contribution is -0.141. The van der Waals surface area contributed by atoms with E-state index in [9.17, 15) is 14.0 Å². The van der Waals surface area contributed by atoms with Crippen molar-refractivity contribution in [1.29, 1.82) is 0 Å². The Hall–Kier alpha value is -1.43. The number of aliphatic carboxylic acids is 1. The van der Waals surface area contributed by atoms with Gasteiger partial charge in [0.05, 0.1) is 4.47 Å². The van der Waals surface area contributed by atoms with Crippen molar-refractivity contribution < 1.29 is 19.1 Å². The zero-order valence-electron chi connectivity index (χ0n) is 8.33. The Morgan fingerprint density at radius 1 is 1.50 bits per heavy atom. The highest BCUT2D eigenvalue weighted by atomic mass is 79.9. The molecule has 1 rings (SSSR count). The van der Waals surface area contributed by atoms with Crippen LogP contribution in [0.15, 0.2) is 22.7 Å². The molecular weight excluding hydrogens is 281 g/mol. The molecule has 0 aliphatic heterocycles. The molecular formula is C10H9BrFNO3. The third-order valence-corrected chi connectivity index (χ3v) is 2.48. The lowest BCUT2D eigenvalue weighted by atomic mass is 10.1. The first kappa shape index (κ1) is 12.6. The van der Waals surface area contributed by atoms with Crippen LogP contribution in [0.5, 0.6) is 0 Å². The van der Waals surface area contributed by atoms with Crippen molar-refractivity contribution in [3.8, 4) is 0 Å². The molecule has 1 atom stereocenters. The van der Waals surface area contributed by atoms with Crippen LogP contribution in [0.25, 0.3) is 0 Å². The Morgan fingerprint density at radius 2 is 2.12 bits per heavy atom. The van der Waals surface area contributed by atoms with Gasteiger partial charge in [0.15, 0.2) is 6.04 Å². The Bertz CT molecular complexity index is 436. The molecule has 0 aliphatic carbocycles. The number of hydrogen-bond donors (Lipinski definition) is 2. The summed E-state index contributed by atoms with van der Waals surface area (Å²) in [5.74, 6) is -2.16. The summed E-state index contributed by atoms with van der Waals surface area (Å²) in [5, 5.41) is 11.2. The van der Waals surface area contributed by atoms with Gasteiger partial charge in [-0.2, -0.15) is 0 Å². The zero-order valence-corrected chi connectivity index (χ0v) is 9.92. The van der Waals surface area contributed by atoms with E-state index in [2.05, 4.69) is 21.2 Å². The summed E-state index contributed by atoms with van der Waals surface area (Å²) in [6.07, 6.45) is 0. The number of carbonyl (C=O) groups is 2. The lowest BCUT2D eigenvalue weighted by Gasteiger charge is -2.13. The maximum atomic E-state index is 12.9. The Morgan fingerprint density at radius 3 is 2.56 bits per heavy atom. The molecule has 1 unspecified atom stereocenters. The molecule has 0 aromatic heterocycles. The summed E-state index contributed by atoms with van der Waals surface area (Å²) in [4.78, 5) is 21.7. The van der Waals surface area contributed by atoms with E-state index in [0.717, 1.165) is 6.07 Å². The molecule has 2 N–H and O–H groups in total. The minimum Gasteiger partial charge on any atom is -0.479 e. The molecule has 4 nitrogen and oxygen atoms in total. The topological polar surface area (TPSA) is 66.4 Å². The van der Waals surface area contributed by atoms with Crippen LogP contribution in [0.2, 0.25) is 0 Å². The van der Waals surface area contributed by atoms with Gasteiger partial charge in [-0.25, -0.2) is 9.18 Å². The number of carboxylic acids is 1. The maximum Gasteiger partial charge on any atom is 0.330 e. The summed E-state index contributed by atoms with van der Waals surface area (Å²) < 4.78 is 13.1. The third-order valence-electron chi connectivity index (χ3n) is 1.87. The van der Waals surface area contributed by atoms with Crippen LogP contribution in [0.4, 0.5) is 4.39 Å². The van der Waals surface area contributed by atoms with Crippen LogP contribution >= 0.6 is 15.9 Å². The van der Waals surface area contributed by atoms with Crippen LogP contribution < -0.4 is 5.32 Å². The largest absolute Gasteiger partial charge is 0.479 e. The molecule has 0 radical (unpaired) electrons. The average molecular weight is 290 g/mol. The van der Waals surface area contributed by atoms with Crippen molar-refractivity contribution in [1.82, 2.24) is 5.32 Å². The minimum absolute atomic E-state index is 0.154. The highest BCUT2D eigenvalue weighted by Gasteiger charge is 2.21. The van der Waals surface area contributed by atoms with Crippen LogP contribution in [-0.4, -0.2) is 17.0 Å². The molecule has 1 aromatic carbocycles. The first-order valence-corrected chi connectivity index (χ1v) is 5.16. The van der Waals surface area contributed by atoms with Gasteiger partial charge >= 0.3 is 5.97 Å². The SMILES string of the molecule is CC(=O)NC(C(=O)O)c1ccc(F)c(Br)c1. The highest BCUT2D eigenvalue weighted by Crippen LogP contribution is 2.21. The highest BCUT2D eigenvalue weighted by molar-refractivity contribution is 9.10. The molecule has 0 spiro atoms. The predicted molar refractivity (Wildman–Crippen MR) is 58.3 cm³/mol. The normalized spacial score (nSPS) is 11.9. The van der Waals surface area contributed by atoms with E-state index < -0.39 is 23.7 Å². The summed E-state index contributed by atoms with van der Waals surface area (Å²) in [6, 6.07) is 2.60. The smallest absolute Gasteiger partial charge is 0.330 e. The fourth-order valence-corrected chi connectivity index (χ4v) is 1.58. The monoisotopic (exact) mass is 289 g/mol. The van der Waals surface area contributed by atoms with E-state index >= 15 is 0 Å². The molecule has 6 heteroatoms. The molecule has 0 saturated carbocycles. The van der Waals surface area contributed by atoms with Crippen LogP contribution in [0.3, 0.4) is 0 Å². The third kappa shape index (κ3) is 3.03. The second-order valence-corrected chi connectivity index (χ2v) is 4.00. The quantitative estimate of drug-likeness (QED) is 0.892. The van der Waals surface area contributed by atoms with Crippen molar-refractivity contribution in [2.75, 3.05) is 0 Å². The first-order chi connectivity index (χ1) is 7.41. The Labute approximate surface area is 99.6 Å². The van der Waals surface area contributed by atoms with Crippen molar-refractivity contribution in [2.45, 2.75) is 13.0 Å². The number of carboxylic acid groups (broad SMARTS) is 1. The fourth-order valence-electron chi connectivity index (χ4n) is 1.18. The standard InChI is InChI=1S/C10H9BrFNO3/c1-5(14)13-9(10(15)16)6-2-3-8(12)7(11)4-6/h2-4,9H,1H3,(H,13,14)(H,15,16). The van der Waals surface area contributed by atoms with Gasteiger partial charge in [0.1, 0.15) is 5.82 Å². The number of carbonyl (C=O) groups excluding carboxylic acids is 1. The van der Waals surface area contributed by atoms with E-state index in [1.54, 1.807) is 0 Å². The van der Waals surface area contributed by atoms with Gasteiger partial charge in [-0.1, -0.05) is 6.07 Å². The molecule has 0 saturated heterocycles. The number of benzene rings is 1. The molecule has 1 aromatic rings. The van der Waals surface area contributed by atoms with Crippen LogP contribution in [-0.2, 0) is 9.59 Å². The van der Waals surface area contributed by atoms with Gasteiger partial charge in [-0.15, -0.1) is 0 Å². The zero-order chi connectivity index (χ0) is 12.3. The average Bonchev–Trinajstić information content (AvgIpc) is 2.18. The summed E-state index contributed by atoms with van der Waals surface area (Å²) in [5.41, 5.74) is 0.302. The maximum absolute atomic E-state index is 12.9. The molecule has 0 fully saturated rings. The van der Waals surface area contributed by atoms with Crippen LogP contribution in [0, 0.1) is 5.82 Å². The molecule has 86 valence electrons. The van der Waals surface area contributed by atoms with Crippen LogP contribution in [0.1, 0.15) is 18.5 Å². The number of rotatable bonds is 3. The van der Waals surface area contributed by atoms with E-state index in [1.807, 2.05) is 0 Å². The van der Waals surface area contributed by atoms with Gasteiger partial charge in [-0.05, 0) is 33.6 Å². The molecule has 0 aliphatic rings. The van der Waals surface area contributed by atoms with Gasteiger partial charge in [0.25, 0.3) is 0 Å². The van der Waals surface area contributed by atoms with Crippen molar-refractivity contribution >= 4 is 27.8 Å². The molecule has 0 bridgehead atoms. The van der Waals surface area contributed by atoms with Gasteiger partial charge in [0.2, 0.25) is 5.91 Å². The summed E-state index contributed by atoms with van der Waals surface area (Å²) in [6.45, 7) is 1.22. The number of nitrogens with one attached hydrogen (secondary N) is 1. The Kier molecular flexibility index (Phi) is 4.00. The number of amides is 1. The predicted octanol–water partition coefficient (Wildman–Crippen LogP) is 1.85. The van der Waals surface area contributed by atoms with Gasteiger partial charge < -0.3 is 10.4 Å². The fraction of sp³-hybridized carbons (Fsp3) is 0.200. The van der Waals surface area contributed by atoms with Gasteiger partial charge in [0, 0.05) is 6.92 Å². The van der Waals surface area contributed by atoms with Crippen molar-refractivity contribution in [3.05, 3.63) is 34.1 Å². The van der Waals surface area contributed by atoms with E-state index in [4.69, 9.17) is 5.11 Å². The second kappa shape index (κ2) is 5.07. The van der Waals surface area contributed by atoms with Crippen molar-refractivity contribution in [2.24, 2.45) is 0 Å². The van der Waals surface area contributed by atoms with Gasteiger partial charge in [-0.3, -0.25) is 4.79 Å². The first-order valence-electron chi connectivity index (χ1n) is 4.36. The minimum atomic E-state index is -1.20. The van der Waals surface area contributed by atoms with Crippen molar-refractivity contribution in [3.63, 3.8) is 0 Å². The van der Waals surface area contributed by atoms with E-state index in [1.165, 1.54) is 19.1 Å². The molecule has 0 heterocycles. The number of halogens is 2. The molecule has 1 amide bonds. The summed E-state index contributed by atoms with van der Waals surface area (Å²) in [7, 11) is 0. The van der Waals surface area contributed by atoms with E-state index in [0.29, 0.717) is 5.56 Å². The summed E-state index contributed by atoms with van der Waals surface area (Å²) >= 11 is 2.95.